The first-order chi connectivity index (χ1) is 24.5. The Morgan fingerprint density at radius 2 is 0.880 bits per heavy atom. The average molecular weight is 679 g/mol. The van der Waals surface area contributed by atoms with Crippen LogP contribution in [-0.2, 0) is 0 Å². The fraction of sp³-hybridized carbons (Fsp3) is 0.551. The molecule has 0 atom stereocenters. The molecule has 1 nitrogen and oxygen atoms in total. The number of benzene rings is 3. The first-order valence-electron chi connectivity index (χ1n) is 20.5. The van der Waals surface area contributed by atoms with Gasteiger partial charge in [0.1, 0.15) is 0 Å². The summed E-state index contributed by atoms with van der Waals surface area (Å²) in [4.78, 5) is 0. The van der Waals surface area contributed by atoms with E-state index in [0.29, 0.717) is 0 Å². The smallest absolute Gasteiger partial charge is 0.0319 e. The van der Waals surface area contributed by atoms with Crippen molar-refractivity contribution >= 4 is 0 Å². The van der Waals surface area contributed by atoms with E-state index < -0.39 is 0 Å². The van der Waals surface area contributed by atoms with Crippen molar-refractivity contribution in [3.63, 3.8) is 0 Å². The van der Waals surface area contributed by atoms with Gasteiger partial charge in [-0.05, 0) is 119 Å². The molecule has 0 radical (unpaired) electrons. The summed E-state index contributed by atoms with van der Waals surface area (Å²) < 4.78 is 0. The van der Waals surface area contributed by atoms with E-state index in [0.717, 1.165) is 24.9 Å². The van der Waals surface area contributed by atoms with Crippen LogP contribution in [0.25, 0.3) is 0 Å². The maximum atomic E-state index is 7.00. The van der Waals surface area contributed by atoms with Gasteiger partial charge in [0.2, 0.25) is 0 Å². The quantitative estimate of drug-likeness (QED) is 0.292. The number of allylic oxidation sites excluding steroid dienone is 4. The summed E-state index contributed by atoms with van der Waals surface area (Å²) in [5, 5.41) is 7.00. The molecule has 0 amide bonds. The zero-order chi connectivity index (χ0) is 36.4. The second kappa shape index (κ2) is 26.8. The Hall–Kier alpha value is -2.90. The fourth-order valence-corrected chi connectivity index (χ4v) is 7.92. The minimum absolute atomic E-state index is 0.860. The number of hydrogen-bond donors (Lipinski definition) is 1. The van der Waals surface area contributed by atoms with Gasteiger partial charge in [0.15, 0.2) is 0 Å². The van der Waals surface area contributed by atoms with Crippen molar-refractivity contribution in [3.05, 3.63) is 130 Å². The predicted octanol–water partition coefficient (Wildman–Crippen LogP) is 15.0. The maximum absolute atomic E-state index is 7.00. The summed E-state index contributed by atoms with van der Waals surface area (Å²) in [6.07, 6.45) is 30.8. The molecule has 1 heteroatoms. The fourth-order valence-electron chi connectivity index (χ4n) is 7.92. The highest BCUT2D eigenvalue weighted by molar-refractivity contribution is 5.44. The molecule has 3 aromatic carbocycles. The van der Waals surface area contributed by atoms with Crippen LogP contribution in [0, 0.1) is 20.8 Å². The van der Waals surface area contributed by atoms with Crippen LogP contribution < -0.4 is 0 Å². The molecular weight excluding hydrogens is 605 g/mol. The third-order valence-corrected chi connectivity index (χ3v) is 10.8. The van der Waals surface area contributed by atoms with Gasteiger partial charge in [-0.3, -0.25) is 0 Å². The molecule has 1 N–H and O–H groups in total. The van der Waals surface area contributed by atoms with Gasteiger partial charge in [0.25, 0.3) is 0 Å². The molecule has 3 fully saturated rings. The summed E-state index contributed by atoms with van der Waals surface area (Å²) in [6.45, 7) is 12.8. The van der Waals surface area contributed by atoms with Crippen molar-refractivity contribution in [1.29, 1.82) is 0 Å². The van der Waals surface area contributed by atoms with Crippen LogP contribution in [0.15, 0.2) is 96.6 Å². The SMILES string of the molecule is CC.CC1=CC=CCC1.CO.Cc1c(C2CCCCC2)cc(C2CCCCC2)cc1C1CCCCC1.Cc1ccccc1.Cc1ccccc1. The van der Waals surface area contributed by atoms with E-state index in [1.807, 2.05) is 50.2 Å². The van der Waals surface area contributed by atoms with E-state index in [2.05, 4.69) is 82.3 Å². The highest BCUT2D eigenvalue weighted by atomic mass is 16.2. The molecule has 276 valence electrons. The third-order valence-electron chi connectivity index (χ3n) is 10.8. The first-order valence-corrected chi connectivity index (χ1v) is 20.5. The van der Waals surface area contributed by atoms with Crippen molar-refractivity contribution in [1.82, 2.24) is 0 Å². The molecule has 4 aliphatic rings. The molecule has 50 heavy (non-hydrogen) atoms. The predicted molar refractivity (Wildman–Crippen MR) is 223 cm³/mol. The second-order valence-corrected chi connectivity index (χ2v) is 14.6. The Kier molecular flexibility index (Phi) is 23.2. The number of rotatable bonds is 3. The van der Waals surface area contributed by atoms with E-state index in [1.54, 1.807) is 22.3 Å². The van der Waals surface area contributed by atoms with E-state index in [-0.39, 0.29) is 0 Å². The summed E-state index contributed by atoms with van der Waals surface area (Å²) >= 11 is 0. The lowest BCUT2D eigenvalue weighted by atomic mass is 9.74. The maximum Gasteiger partial charge on any atom is 0.0319 e. The molecule has 0 heterocycles. The van der Waals surface area contributed by atoms with Gasteiger partial charge >= 0.3 is 0 Å². The van der Waals surface area contributed by atoms with Gasteiger partial charge in [-0.15, -0.1) is 0 Å². The van der Waals surface area contributed by atoms with Gasteiger partial charge in [-0.2, -0.15) is 0 Å². The highest BCUT2D eigenvalue weighted by Gasteiger charge is 2.26. The van der Waals surface area contributed by atoms with Crippen LogP contribution >= 0.6 is 0 Å². The zero-order valence-electron chi connectivity index (χ0n) is 33.4. The van der Waals surface area contributed by atoms with E-state index in [4.69, 9.17) is 5.11 Å². The molecule has 0 bridgehead atoms. The van der Waals surface area contributed by atoms with Gasteiger partial charge in [-0.25, -0.2) is 0 Å². The van der Waals surface area contributed by atoms with E-state index in [1.165, 1.54) is 126 Å². The number of aliphatic hydroxyl groups excluding tert-OH is 1. The van der Waals surface area contributed by atoms with Gasteiger partial charge < -0.3 is 5.11 Å². The lowest BCUT2D eigenvalue weighted by Gasteiger charge is -2.31. The molecule has 0 spiro atoms. The minimum Gasteiger partial charge on any atom is -0.400 e. The second-order valence-electron chi connectivity index (χ2n) is 14.6. The van der Waals surface area contributed by atoms with E-state index >= 15 is 0 Å². The first kappa shape index (κ1) is 43.3. The van der Waals surface area contributed by atoms with Crippen LogP contribution in [0.3, 0.4) is 0 Å². The summed E-state index contributed by atoms with van der Waals surface area (Å²) in [5.74, 6) is 2.58. The lowest BCUT2D eigenvalue weighted by Crippen LogP contribution is -2.14. The molecule has 7 rings (SSSR count). The van der Waals surface area contributed by atoms with E-state index in [9.17, 15) is 0 Å². The van der Waals surface area contributed by atoms with Crippen LogP contribution in [0.2, 0.25) is 0 Å². The summed E-state index contributed by atoms with van der Waals surface area (Å²) in [7, 11) is 1.00. The molecule has 0 aliphatic heterocycles. The van der Waals surface area contributed by atoms with Gasteiger partial charge in [0.05, 0.1) is 0 Å². The monoisotopic (exact) mass is 679 g/mol. The average Bonchev–Trinajstić information content (AvgIpc) is 3.19. The molecular formula is C49H74O. The van der Waals surface area contributed by atoms with Crippen LogP contribution in [0.1, 0.15) is 181 Å². The third kappa shape index (κ3) is 16.4. The molecule has 0 aromatic heterocycles. The van der Waals surface area contributed by atoms with Crippen molar-refractivity contribution in [2.45, 2.75) is 168 Å². The Balaban J connectivity index is 0.000000281. The molecule has 4 aliphatic carbocycles. The number of hydrogen-bond acceptors (Lipinski definition) is 1. The zero-order valence-corrected chi connectivity index (χ0v) is 33.4. The van der Waals surface area contributed by atoms with Crippen LogP contribution in [0.4, 0.5) is 0 Å². The van der Waals surface area contributed by atoms with Gasteiger partial charge in [0, 0.05) is 7.11 Å². The molecule has 0 unspecified atom stereocenters. The topological polar surface area (TPSA) is 20.2 Å². The van der Waals surface area contributed by atoms with Gasteiger partial charge in [-0.1, -0.05) is 179 Å². The standard InChI is InChI=1S/C25H38.C7H10.2C7H8.C2H6.CH4O/c1-19-24(21-13-7-3-8-14-21)17-23(20-11-5-2-6-12-20)18-25(19)22-15-9-4-10-16-22;3*1-7-5-3-2-4-6-7;2*1-2/h17-18,20-22H,2-16H2,1H3;2-3,5H,4,6H2,1H3;2*2-6H,1H3;1-2H3;2H,1H3. The van der Waals surface area contributed by atoms with Crippen LogP contribution in [0.5, 0.6) is 0 Å². The van der Waals surface area contributed by atoms with Crippen molar-refractivity contribution in [3.8, 4) is 0 Å². The minimum atomic E-state index is 0.860. The summed E-state index contributed by atoms with van der Waals surface area (Å²) in [6, 6.07) is 25.9. The Morgan fingerprint density at radius 1 is 0.500 bits per heavy atom. The number of aliphatic hydroxyl groups is 1. The van der Waals surface area contributed by atoms with Crippen molar-refractivity contribution in [2.75, 3.05) is 7.11 Å². The Bertz CT molecular complexity index is 1220. The normalized spacial score (nSPS) is 17.6. The summed E-state index contributed by atoms with van der Waals surface area (Å²) in [5.41, 5.74) is 11.1. The highest BCUT2D eigenvalue weighted by Crippen LogP contribution is 2.43. The Labute approximate surface area is 309 Å². The largest absolute Gasteiger partial charge is 0.400 e. The van der Waals surface area contributed by atoms with Crippen LogP contribution in [-0.4, -0.2) is 12.2 Å². The molecule has 3 aromatic rings. The van der Waals surface area contributed by atoms with Crippen molar-refractivity contribution < 1.29 is 5.11 Å². The molecule has 3 saturated carbocycles. The lowest BCUT2D eigenvalue weighted by molar-refractivity contribution is 0.399. The van der Waals surface area contributed by atoms with Crippen molar-refractivity contribution in [2.24, 2.45) is 0 Å². The molecule has 0 saturated heterocycles. The number of aryl methyl sites for hydroxylation is 2. The Morgan fingerprint density at radius 3 is 1.16 bits per heavy atom.